The van der Waals surface area contributed by atoms with Gasteiger partial charge in [0.15, 0.2) is 6.61 Å². The Morgan fingerprint density at radius 1 is 1.21 bits per heavy atom. The number of carbonyl (C=O) groups excluding carboxylic acids is 1. The van der Waals surface area contributed by atoms with Crippen molar-refractivity contribution in [1.29, 1.82) is 0 Å². The van der Waals surface area contributed by atoms with Crippen LogP contribution in [0.25, 0.3) is 0 Å². The number of pyridine rings is 1. The van der Waals surface area contributed by atoms with E-state index in [1.165, 1.54) is 0 Å². The molecule has 0 aliphatic carbocycles. The smallest absolute Gasteiger partial charge is 0.262 e. The monoisotopic (exact) mass is 256 g/mol. The van der Waals surface area contributed by atoms with E-state index in [4.69, 9.17) is 4.74 Å². The van der Waals surface area contributed by atoms with Gasteiger partial charge in [0.1, 0.15) is 5.75 Å². The number of para-hydroxylation sites is 1. The van der Waals surface area contributed by atoms with Crippen molar-refractivity contribution in [2.75, 3.05) is 11.9 Å². The molecule has 1 amide bonds. The maximum atomic E-state index is 11.7. The quantitative estimate of drug-likeness (QED) is 0.915. The van der Waals surface area contributed by atoms with Crippen molar-refractivity contribution in [3.63, 3.8) is 0 Å². The van der Waals surface area contributed by atoms with E-state index < -0.39 is 0 Å². The van der Waals surface area contributed by atoms with Crippen LogP contribution in [0.2, 0.25) is 0 Å². The van der Waals surface area contributed by atoms with Crippen LogP contribution in [-0.2, 0) is 4.79 Å². The number of hydrogen-bond acceptors (Lipinski definition) is 3. The summed E-state index contributed by atoms with van der Waals surface area (Å²) in [4.78, 5) is 15.7. The lowest BCUT2D eigenvalue weighted by Crippen LogP contribution is -2.20. The second kappa shape index (κ2) is 6.00. The van der Waals surface area contributed by atoms with E-state index in [1.54, 1.807) is 24.5 Å². The molecule has 1 aromatic carbocycles. The molecule has 0 aliphatic heterocycles. The molecule has 1 heterocycles. The van der Waals surface area contributed by atoms with Gasteiger partial charge in [0.2, 0.25) is 0 Å². The first-order valence-electron chi connectivity index (χ1n) is 6.05. The average Bonchev–Trinajstić information content (AvgIpc) is 2.39. The van der Waals surface area contributed by atoms with E-state index in [9.17, 15) is 4.79 Å². The van der Waals surface area contributed by atoms with Crippen LogP contribution in [0, 0.1) is 13.8 Å². The third kappa shape index (κ3) is 3.55. The van der Waals surface area contributed by atoms with E-state index in [-0.39, 0.29) is 12.5 Å². The minimum atomic E-state index is -0.198. The molecule has 0 unspecified atom stereocenters. The molecule has 0 atom stereocenters. The predicted molar refractivity (Wildman–Crippen MR) is 74.3 cm³/mol. The van der Waals surface area contributed by atoms with Crippen LogP contribution in [0.15, 0.2) is 42.7 Å². The van der Waals surface area contributed by atoms with Crippen molar-refractivity contribution in [2.24, 2.45) is 0 Å². The fourth-order valence-electron chi connectivity index (χ4n) is 1.80. The van der Waals surface area contributed by atoms with Gasteiger partial charge in [-0.3, -0.25) is 9.78 Å². The molecule has 4 heteroatoms. The van der Waals surface area contributed by atoms with Gasteiger partial charge >= 0.3 is 0 Å². The Balaban J connectivity index is 1.94. The zero-order chi connectivity index (χ0) is 13.7. The number of nitrogens with one attached hydrogen (secondary N) is 1. The van der Waals surface area contributed by atoms with Gasteiger partial charge in [-0.2, -0.15) is 0 Å². The number of aryl methyl sites for hydroxylation is 2. The maximum Gasteiger partial charge on any atom is 0.262 e. The molecule has 0 spiro atoms. The number of rotatable bonds is 4. The van der Waals surface area contributed by atoms with Crippen molar-refractivity contribution in [3.8, 4) is 5.75 Å². The average molecular weight is 256 g/mol. The van der Waals surface area contributed by atoms with Crippen LogP contribution in [0.4, 0.5) is 5.69 Å². The highest BCUT2D eigenvalue weighted by Crippen LogP contribution is 2.22. The summed E-state index contributed by atoms with van der Waals surface area (Å²) in [6.07, 6.45) is 3.25. The molecule has 2 aromatic rings. The van der Waals surface area contributed by atoms with E-state index in [2.05, 4.69) is 10.3 Å². The Labute approximate surface area is 112 Å². The number of aromatic nitrogens is 1. The Hall–Kier alpha value is -2.36. The summed E-state index contributed by atoms with van der Waals surface area (Å²) in [5.74, 6) is 0.569. The zero-order valence-electron chi connectivity index (χ0n) is 11.0. The molecule has 19 heavy (non-hydrogen) atoms. The SMILES string of the molecule is Cc1cccc(C)c1OCC(=O)Nc1cccnc1. The Bertz CT molecular complexity index is 547. The van der Waals surface area contributed by atoms with Crippen LogP contribution in [0.3, 0.4) is 0 Å². The number of hydrogen-bond donors (Lipinski definition) is 1. The van der Waals surface area contributed by atoms with Gasteiger partial charge in [-0.15, -0.1) is 0 Å². The summed E-state index contributed by atoms with van der Waals surface area (Å²) >= 11 is 0. The van der Waals surface area contributed by atoms with Gasteiger partial charge in [-0.1, -0.05) is 18.2 Å². The lowest BCUT2D eigenvalue weighted by Gasteiger charge is -2.11. The predicted octanol–water partition coefficient (Wildman–Crippen LogP) is 2.72. The largest absolute Gasteiger partial charge is 0.483 e. The van der Waals surface area contributed by atoms with Crippen LogP contribution < -0.4 is 10.1 Å². The second-order valence-electron chi connectivity index (χ2n) is 4.30. The van der Waals surface area contributed by atoms with Crippen LogP contribution in [0.1, 0.15) is 11.1 Å². The molecule has 98 valence electrons. The third-order valence-corrected chi connectivity index (χ3v) is 2.70. The number of ether oxygens (including phenoxy) is 1. The molecular weight excluding hydrogens is 240 g/mol. The molecule has 4 nitrogen and oxygen atoms in total. The first-order valence-corrected chi connectivity index (χ1v) is 6.05. The molecule has 0 saturated carbocycles. The Morgan fingerprint density at radius 2 is 1.95 bits per heavy atom. The van der Waals surface area contributed by atoms with Crippen LogP contribution >= 0.6 is 0 Å². The lowest BCUT2D eigenvalue weighted by molar-refractivity contribution is -0.118. The van der Waals surface area contributed by atoms with Gasteiger partial charge in [0.25, 0.3) is 5.91 Å². The van der Waals surface area contributed by atoms with Gasteiger partial charge in [-0.25, -0.2) is 0 Å². The van der Waals surface area contributed by atoms with Gasteiger partial charge < -0.3 is 10.1 Å². The first kappa shape index (κ1) is 13.1. The summed E-state index contributed by atoms with van der Waals surface area (Å²) in [7, 11) is 0. The molecule has 0 saturated heterocycles. The minimum absolute atomic E-state index is 0.0133. The minimum Gasteiger partial charge on any atom is -0.483 e. The fraction of sp³-hybridized carbons (Fsp3) is 0.200. The standard InChI is InChI=1S/C15H16N2O2/c1-11-5-3-6-12(2)15(11)19-10-14(18)17-13-7-4-8-16-9-13/h3-9H,10H2,1-2H3,(H,17,18). The summed E-state index contributed by atoms with van der Waals surface area (Å²) in [6, 6.07) is 9.43. The Kier molecular flexibility index (Phi) is 4.13. The lowest BCUT2D eigenvalue weighted by atomic mass is 10.1. The molecular formula is C15H16N2O2. The number of anilines is 1. The van der Waals surface area contributed by atoms with Crippen molar-refractivity contribution < 1.29 is 9.53 Å². The summed E-state index contributed by atoms with van der Waals surface area (Å²) < 4.78 is 5.57. The van der Waals surface area contributed by atoms with Gasteiger partial charge in [0, 0.05) is 6.20 Å². The fourth-order valence-corrected chi connectivity index (χ4v) is 1.80. The third-order valence-electron chi connectivity index (χ3n) is 2.70. The van der Waals surface area contributed by atoms with Gasteiger partial charge in [-0.05, 0) is 37.1 Å². The van der Waals surface area contributed by atoms with Crippen molar-refractivity contribution >= 4 is 11.6 Å². The summed E-state index contributed by atoms with van der Waals surface area (Å²) in [5, 5.41) is 2.72. The van der Waals surface area contributed by atoms with Crippen molar-refractivity contribution in [3.05, 3.63) is 53.9 Å². The molecule has 2 rings (SSSR count). The number of nitrogens with zero attached hydrogens (tertiary/aromatic N) is 1. The van der Waals surface area contributed by atoms with E-state index >= 15 is 0 Å². The maximum absolute atomic E-state index is 11.7. The number of amides is 1. The van der Waals surface area contributed by atoms with Crippen molar-refractivity contribution in [1.82, 2.24) is 4.98 Å². The zero-order valence-corrected chi connectivity index (χ0v) is 11.0. The highest BCUT2D eigenvalue weighted by molar-refractivity contribution is 5.91. The van der Waals surface area contributed by atoms with E-state index in [0.29, 0.717) is 5.69 Å². The molecule has 0 fully saturated rings. The van der Waals surface area contributed by atoms with Crippen LogP contribution in [0.5, 0.6) is 5.75 Å². The molecule has 1 aromatic heterocycles. The van der Waals surface area contributed by atoms with Crippen LogP contribution in [-0.4, -0.2) is 17.5 Å². The first-order chi connectivity index (χ1) is 9.16. The Morgan fingerprint density at radius 3 is 2.58 bits per heavy atom. The molecule has 1 N–H and O–H groups in total. The molecule has 0 bridgehead atoms. The topological polar surface area (TPSA) is 51.2 Å². The number of carbonyl (C=O) groups is 1. The second-order valence-corrected chi connectivity index (χ2v) is 4.30. The molecule has 0 radical (unpaired) electrons. The van der Waals surface area contributed by atoms with E-state index in [1.807, 2.05) is 32.0 Å². The highest BCUT2D eigenvalue weighted by atomic mass is 16.5. The van der Waals surface area contributed by atoms with E-state index in [0.717, 1.165) is 16.9 Å². The van der Waals surface area contributed by atoms with Gasteiger partial charge in [0.05, 0.1) is 11.9 Å². The normalized spacial score (nSPS) is 10.0. The van der Waals surface area contributed by atoms with Crippen molar-refractivity contribution in [2.45, 2.75) is 13.8 Å². The molecule has 0 aliphatic rings. The summed E-state index contributed by atoms with van der Waals surface area (Å²) in [6.45, 7) is 3.91. The highest BCUT2D eigenvalue weighted by Gasteiger charge is 2.07. The summed E-state index contributed by atoms with van der Waals surface area (Å²) in [5.41, 5.74) is 2.71. The number of benzene rings is 1.